The normalized spacial score (nSPS) is 10.5. The van der Waals surface area contributed by atoms with Gasteiger partial charge in [0, 0.05) is 11.3 Å². The number of ether oxygens (including phenoxy) is 2. The Hall–Kier alpha value is -2.73. The first kappa shape index (κ1) is 16.6. The van der Waals surface area contributed by atoms with E-state index in [1.165, 1.54) is 19.4 Å². The third-order valence-electron chi connectivity index (χ3n) is 2.86. The first-order valence-corrected chi connectivity index (χ1v) is 7.04. The van der Waals surface area contributed by atoms with Gasteiger partial charge in [-0.3, -0.25) is 4.79 Å². The molecule has 0 radical (unpaired) electrons. The number of carbonyl (C=O) groups is 1. The smallest absolute Gasteiger partial charge is 0.262 e. The van der Waals surface area contributed by atoms with E-state index < -0.39 is 0 Å². The second kappa shape index (κ2) is 8.05. The summed E-state index contributed by atoms with van der Waals surface area (Å²) in [5.74, 6) is 0.252. The second-order valence-corrected chi connectivity index (χ2v) is 4.89. The van der Waals surface area contributed by atoms with Gasteiger partial charge in [0.25, 0.3) is 5.91 Å². The number of benzene rings is 2. The van der Waals surface area contributed by atoms with Gasteiger partial charge in [-0.25, -0.2) is 0 Å². The molecular formula is C16H15ClN2O4. The molecule has 0 spiro atoms. The molecule has 2 N–H and O–H groups in total. The molecule has 23 heavy (non-hydrogen) atoms. The SMILES string of the molecule is COc1cc(/C=N/O)cc(Cl)c1OCC(=O)Nc1ccccc1. The number of methoxy groups -OCH3 is 1. The molecule has 0 saturated heterocycles. The maximum Gasteiger partial charge on any atom is 0.262 e. The van der Waals surface area contributed by atoms with E-state index in [-0.39, 0.29) is 23.3 Å². The molecule has 0 bridgehead atoms. The second-order valence-electron chi connectivity index (χ2n) is 4.48. The van der Waals surface area contributed by atoms with Crippen molar-refractivity contribution in [1.29, 1.82) is 0 Å². The molecule has 0 aliphatic carbocycles. The number of oxime groups is 1. The first-order valence-electron chi connectivity index (χ1n) is 6.66. The summed E-state index contributed by atoms with van der Waals surface area (Å²) in [5, 5.41) is 14.4. The monoisotopic (exact) mass is 334 g/mol. The van der Waals surface area contributed by atoms with Gasteiger partial charge >= 0.3 is 0 Å². The van der Waals surface area contributed by atoms with Crippen LogP contribution in [-0.2, 0) is 4.79 Å². The summed E-state index contributed by atoms with van der Waals surface area (Å²) in [6.07, 6.45) is 1.21. The maximum absolute atomic E-state index is 11.9. The molecule has 0 unspecified atom stereocenters. The van der Waals surface area contributed by atoms with Crippen LogP contribution in [0.1, 0.15) is 5.56 Å². The Morgan fingerprint density at radius 1 is 1.35 bits per heavy atom. The topological polar surface area (TPSA) is 80.2 Å². The van der Waals surface area contributed by atoms with E-state index in [9.17, 15) is 4.79 Å². The summed E-state index contributed by atoms with van der Waals surface area (Å²) in [6, 6.07) is 12.1. The Labute approximate surface area is 138 Å². The largest absolute Gasteiger partial charge is 0.493 e. The number of hydrogen-bond donors (Lipinski definition) is 2. The molecule has 0 atom stereocenters. The predicted octanol–water partition coefficient (Wildman–Crippen LogP) is 3.17. The Balaban J connectivity index is 2.06. The van der Waals surface area contributed by atoms with E-state index in [1.807, 2.05) is 18.2 Å². The van der Waals surface area contributed by atoms with Crippen LogP contribution in [0.2, 0.25) is 5.02 Å². The molecule has 0 aromatic heterocycles. The maximum atomic E-state index is 11.9. The lowest BCUT2D eigenvalue weighted by molar-refractivity contribution is -0.118. The minimum Gasteiger partial charge on any atom is -0.493 e. The highest BCUT2D eigenvalue weighted by atomic mass is 35.5. The third-order valence-corrected chi connectivity index (χ3v) is 3.14. The number of nitrogens with one attached hydrogen (secondary N) is 1. The van der Waals surface area contributed by atoms with Crippen LogP contribution in [-0.4, -0.2) is 31.0 Å². The van der Waals surface area contributed by atoms with Gasteiger partial charge in [0.1, 0.15) is 0 Å². The van der Waals surface area contributed by atoms with Gasteiger partial charge in [0.15, 0.2) is 18.1 Å². The lowest BCUT2D eigenvalue weighted by Gasteiger charge is -2.13. The van der Waals surface area contributed by atoms with E-state index in [0.29, 0.717) is 17.0 Å². The van der Waals surface area contributed by atoms with Crippen molar-refractivity contribution >= 4 is 29.4 Å². The first-order chi connectivity index (χ1) is 11.1. The molecule has 2 aromatic carbocycles. The minimum atomic E-state index is -0.324. The summed E-state index contributed by atoms with van der Waals surface area (Å²) in [7, 11) is 1.45. The van der Waals surface area contributed by atoms with Crippen molar-refractivity contribution in [2.24, 2.45) is 5.16 Å². The van der Waals surface area contributed by atoms with Crippen LogP contribution in [0.5, 0.6) is 11.5 Å². The van der Waals surface area contributed by atoms with Crippen LogP contribution in [0.4, 0.5) is 5.69 Å². The Bertz CT molecular complexity index is 705. The third kappa shape index (κ3) is 4.62. The molecule has 0 aliphatic heterocycles. The van der Waals surface area contributed by atoms with Gasteiger partial charge in [-0.05, 0) is 24.3 Å². The zero-order valence-corrected chi connectivity index (χ0v) is 13.1. The highest BCUT2D eigenvalue weighted by molar-refractivity contribution is 6.32. The molecule has 6 nitrogen and oxygen atoms in total. The molecule has 0 fully saturated rings. The van der Waals surface area contributed by atoms with Crippen molar-refractivity contribution in [1.82, 2.24) is 0 Å². The Kier molecular flexibility index (Phi) is 5.82. The summed E-state index contributed by atoms with van der Waals surface area (Å²) in [6.45, 7) is -0.224. The van der Waals surface area contributed by atoms with E-state index in [0.717, 1.165) is 0 Å². The number of rotatable bonds is 6. The quantitative estimate of drug-likeness (QED) is 0.483. The fourth-order valence-corrected chi connectivity index (χ4v) is 2.15. The van der Waals surface area contributed by atoms with E-state index >= 15 is 0 Å². The van der Waals surface area contributed by atoms with Gasteiger partial charge in [-0.15, -0.1) is 0 Å². The fraction of sp³-hybridized carbons (Fsp3) is 0.125. The number of amides is 1. The van der Waals surface area contributed by atoms with Crippen LogP contribution in [0.3, 0.4) is 0 Å². The summed E-state index contributed by atoms with van der Waals surface area (Å²) in [4.78, 5) is 11.9. The van der Waals surface area contributed by atoms with Crippen LogP contribution in [0.25, 0.3) is 0 Å². The van der Waals surface area contributed by atoms with E-state index in [1.54, 1.807) is 18.2 Å². The van der Waals surface area contributed by atoms with Gasteiger partial charge in [-0.2, -0.15) is 0 Å². The molecule has 0 heterocycles. The zero-order chi connectivity index (χ0) is 16.7. The van der Waals surface area contributed by atoms with Crippen molar-refractivity contribution in [2.75, 3.05) is 19.0 Å². The number of anilines is 1. The molecule has 0 saturated carbocycles. The highest BCUT2D eigenvalue weighted by Crippen LogP contribution is 2.36. The highest BCUT2D eigenvalue weighted by Gasteiger charge is 2.13. The molecular weight excluding hydrogens is 320 g/mol. The van der Waals surface area contributed by atoms with Crippen LogP contribution < -0.4 is 14.8 Å². The van der Waals surface area contributed by atoms with Crippen LogP contribution >= 0.6 is 11.6 Å². The molecule has 120 valence electrons. The van der Waals surface area contributed by atoms with Crippen molar-refractivity contribution < 1.29 is 19.5 Å². The van der Waals surface area contributed by atoms with E-state index in [4.69, 9.17) is 26.3 Å². The molecule has 0 aliphatic rings. The minimum absolute atomic E-state index is 0.224. The van der Waals surface area contributed by atoms with Gasteiger partial charge < -0.3 is 20.0 Å². The van der Waals surface area contributed by atoms with Gasteiger partial charge in [0.2, 0.25) is 0 Å². The Morgan fingerprint density at radius 2 is 2.09 bits per heavy atom. The number of carbonyl (C=O) groups excluding carboxylic acids is 1. The van der Waals surface area contributed by atoms with Crippen LogP contribution in [0, 0.1) is 0 Å². The van der Waals surface area contributed by atoms with Crippen molar-refractivity contribution in [3.63, 3.8) is 0 Å². The van der Waals surface area contributed by atoms with Crippen molar-refractivity contribution in [2.45, 2.75) is 0 Å². The predicted molar refractivity (Wildman–Crippen MR) is 88.0 cm³/mol. The van der Waals surface area contributed by atoms with E-state index in [2.05, 4.69) is 10.5 Å². The fourth-order valence-electron chi connectivity index (χ4n) is 1.88. The van der Waals surface area contributed by atoms with Crippen LogP contribution in [0.15, 0.2) is 47.6 Å². The van der Waals surface area contributed by atoms with Gasteiger partial charge in [-0.1, -0.05) is 35.0 Å². The number of halogens is 1. The number of para-hydroxylation sites is 1. The van der Waals surface area contributed by atoms with Gasteiger partial charge in [0.05, 0.1) is 18.3 Å². The number of hydrogen-bond acceptors (Lipinski definition) is 5. The standard InChI is InChI=1S/C16H15ClN2O4/c1-22-14-8-11(9-18-21)7-13(17)16(14)23-10-15(20)19-12-5-3-2-4-6-12/h2-9,21H,10H2,1H3,(H,19,20)/b18-9+. The lowest BCUT2D eigenvalue weighted by atomic mass is 10.2. The summed E-state index contributed by atoms with van der Waals surface area (Å²) >= 11 is 6.11. The summed E-state index contributed by atoms with van der Waals surface area (Å²) in [5.41, 5.74) is 1.21. The lowest BCUT2D eigenvalue weighted by Crippen LogP contribution is -2.20. The average molecular weight is 335 g/mol. The molecule has 2 aromatic rings. The molecule has 2 rings (SSSR count). The molecule has 7 heteroatoms. The average Bonchev–Trinajstić information content (AvgIpc) is 2.54. The number of nitrogens with zero attached hydrogens (tertiary/aromatic N) is 1. The summed E-state index contributed by atoms with van der Waals surface area (Å²) < 4.78 is 10.6. The van der Waals surface area contributed by atoms with Crippen molar-refractivity contribution in [3.8, 4) is 11.5 Å². The van der Waals surface area contributed by atoms with Crippen molar-refractivity contribution in [3.05, 3.63) is 53.1 Å². The molecule has 1 amide bonds. The zero-order valence-electron chi connectivity index (χ0n) is 12.3. The Morgan fingerprint density at radius 3 is 2.74 bits per heavy atom.